The third-order valence-corrected chi connectivity index (χ3v) is 7.56. The molecule has 1 aliphatic rings. The Morgan fingerprint density at radius 2 is 1.95 bits per heavy atom. The Morgan fingerprint density at radius 3 is 2.42 bits per heavy atom. The van der Waals surface area contributed by atoms with Crippen LogP contribution < -0.4 is 0 Å². The van der Waals surface area contributed by atoms with Gasteiger partial charge in [0, 0.05) is 5.57 Å². The van der Waals surface area contributed by atoms with Crippen molar-refractivity contribution in [2.75, 3.05) is 0 Å². The highest BCUT2D eigenvalue weighted by Crippen LogP contribution is 2.55. The van der Waals surface area contributed by atoms with Crippen LogP contribution >= 0.6 is 0 Å². The Labute approximate surface area is 120 Å². The van der Waals surface area contributed by atoms with Crippen molar-refractivity contribution in [2.24, 2.45) is 17.8 Å². The van der Waals surface area contributed by atoms with E-state index in [4.69, 9.17) is 4.43 Å². The highest BCUT2D eigenvalue weighted by Gasteiger charge is 2.46. The number of rotatable bonds is 5. The second kappa shape index (κ2) is 6.73. The Hall–Kier alpha value is -0.573. The molecule has 2 nitrogen and oxygen atoms in total. The van der Waals surface area contributed by atoms with E-state index in [9.17, 15) is 4.79 Å². The minimum absolute atomic E-state index is 0.181. The monoisotopic (exact) mass is 282 g/mol. The Balaban J connectivity index is 2.88. The summed E-state index contributed by atoms with van der Waals surface area (Å²) in [6, 6.07) is 0. The van der Waals surface area contributed by atoms with E-state index in [-0.39, 0.29) is 11.0 Å². The zero-order valence-corrected chi connectivity index (χ0v) is 14.7. The quantitative estimate of drug-likeness (QED) is 0.565. The van der Waals surface area contributed by atoms with Crippen molar-refractivity contribution in [3.05, 3.63) is 12.2 Å². The van der Waals surface area contributed by atoms with Crippen LogP contribution in [0.1, 0.15) is 60.3 Å². The van der Waals surface area contributed by atoms with Gasteiger partial charge in [-0.3, -0.25) is 0 Å². The molecule has 2 atom stereocenters. The highest BCUT2D eigenvalue weighted by molar-refractivity contribution is 6.36. The minimum atomic E-state index is -0.880. The summed E-state index contributed by atoms with van der Waals surface area (Å²) in [4.78, 5) is 11.7. The summed E-state index contributed by atoms with van der Waals surface area (Å²) in [7, 11) is -0.880. The number of hydrogen-bond donors (Lipinski definition) is 0. The van der Waals surface area contributed by atoms with Gasteiger partial charge in [0.15, 0.2) is 0 Å². The van der Waals surface area contributed by atoms with Crippen LogP contribution in [0.3, 0.4) is 0 Å². The molecule has 1 rings (SSSR count). The van der Waals surface area contributed by atoms with Crippen LogP contribution in [0, 0.1) is 17.8 Å². The van der Waals surface area contributed by atoms with E-state index in [1.54, 1.807) is 6.92 Å². The first-order valence-electron chi connectivity index (χ1n) is 7.64. The molecule has 0 aromatic heterocycles. The normalized spacial score (nSPS) is 28.3. The third kappa shape index (κ3) is 3.71. The van der Waals surface area contributed by atoms with Crippen LogP contribution in [0.2, 0.25) is 5.04 Å². The maximum Gasteiger partial charge on any atom is 0.319 e. The first kappa shape index (κ1) is 16.5. The molecule has 1 aliphatic carbocycles. The molecule has 0 spiro atoms. The standard InChI is InChI=1S/C16H30O2Si/c1-11(2)14-9-7-8-10-16(14,13(5)6)19-18-15(17)12(3)4/h11,13-14H,3,7-10,19H2,1-2,4-6H3. The molecular weight excluding hydrogens is 252 g/mol. The summed E-state index contributed by atoms with van der Waals surface area (Å²) in [5.74, 6) is 1.81. The van der Waals surface area contributed by atoms with Gasteiger partial charge in [0.25, 0.3) is 0 Å². The van der Waals surface area contributed by atoms with Gasteiger partial charge in [0.05, 0.1) is 0 Å². The van der Waals surface area contributed by atoms with Crippen molar-refractivity contribution in [3.8, 4) is 0 Å². The summed E-state index contributed by atoms with van der Waals surface area (Å²) in [6.07, 6.45) is 5.16. The van der Waals surface area contributed by atoms with Crippen LogP contribution in [0.5, 0.6) is 0 Å². The number of carbonyl (C=O) groups is 1. The predicted octanol–water partition coefficient (Wildman–Crippen LogP) is 3.85. The summed E-state index contributed by atoms with van der Waals surface area (Å²) in [5.41, 5.74) is 0.531. The second-order valence-corrected chi connectivity index (χ2v) is 8.73. The van der Waals surface area contributed by atoms with Crippen LogP contribution in [0.15, 0.2) is 12.2 Å². The Kier molecular flexibility index (Phi) is 5.84. The van der Waals surface area contributed by atoms with Crippen LogP contribution in [0.25, 0.3) is 0 Å². The zero-order valence-electron chi connectivity index (χ0n) is 13.3. The summed E-state index contributed by atoms with van der Waals surface area (Å²) < 4.78 is 5.69. The number of carbonyl (C=O) groups excluding carboxylic acids is 1. The van der Waals surface area contributed by atoms with Crippen molar-refractivity contribution >= 4 is 15.7 Å². The fraction of sp³-hybridized carbons (Fsp3) is 0.812. The first-order valence-corrected chi connectivity index (χ1v) is 8.92. The molecule has 0 N–H and O–H groups in total. The molecule has 2 unspecified atom stereocenters. The molecule has 0 aliphatic heterocycles. The zero-order chi connectivity index (χ0) is 14.6. The van der Waals surface area contributed by atoms with Gasteiger partial charge in [-0.1, -0.05) is 47.1 Å². The SMILES string of the molecule is C=C(C)C(=O)O[SiH2]C1(C(C)C)CCCCC1C(C)C. The molecule has 110 valence electrons. The van der Waals surface area contributed by atoms with Crippen molar-refractivity contribution in [2.45, 2.75) is 65.3 Å². The molecule has 0 amide bonds. The smallest absolute Gasteiger partial charge is 0.319 e. The molecule has 19 heavy (non-hydrogen) atoms. The molecule has 3 heteroatoms. The van der Waals surface area contributed by atoms with Gasteiger partial charge in [0.1, 0.15) is 0 Å². The van der Waals surface area contributed by atoms with E-state index in [0.29, 0.717) is 23.3 Å². The molecule has 0 bridgehead atoms. The average molecular weight is 282 g/mol. The van der Waals surface area contributed by atoms with E-state index in [0.717, 1.165) is 0 Å². The second-order valence-electron chi connectivity index (χ2n) is 6.84. The fourth-order valence-corrected chi connectivity index (χ4v) is 5.94. The van der Waals surface area contributed by atoms with Gasteiger partial charge in [0.2, 0.25) is 9.76 Å². The molecule has 0 heterocycles. The molecule has 0 aromatic rings. The lowest BCUT2D eigenvalue weighted by molar-refractivity contribution is -0.130. The molecule has 0 aromatic carbocycles. The van der Waals surface area contributed by atoms with Crippen molar-refractivity contribution in [1.82, 2.24) is 0 Å². The van der Waals surface area contributed by atoms with E-state index >= 15 is 0 Å². The average Bonchev–Trinajstić information content (AvgIpc) is 2.35. The van der Waals surface area contributed by atoms with Crippen molar-refractivity contribution < 1.29 is 9.22 Å². The van der Waals surface area contributed by atoms with Gasteiger partial charge in [-0.2, -0.15) is 0 Å². The molecular formula is C16H30O2Si. The summed E-state index contributed by atoms with van der Waals surface area (Å²) in [6.45, 7) is 14.7. The molecule has 0 saturated heterocycles. The maximum absolute atomic E-state index is 11.7. The van der Waals surface area contributed by atoms with E-state index in [1.807, 2.05) is 0 Å². The summed E-state index contributed by atoms with van der Waals surface area (Å²) in [5, 5.41) is 0.289. The van der Waals surface area contributed by atoms with Gasteiger partial charge in [-0.25, -0.2) is 4.79 Å². The van der Waals surface area contributed by atoms with Crippen LogP contribution in [-0.2, 0) is 9.22 Å². The largest absolute Gasteiger partial charge is 0.521 e. The van der Waals surface area contributed by atoms with Crippen LogP contribution in [-0.4, -0.2) is 15.7 Å². The lowest BCUT2D eigenvalue weighted by Gasteiger charge is -2.48. The summed E-state index contributed by atoms with van der Waals surface area (Å²) >= 11 is 0. The maximum atomic E-state index is 11.7. The first-order chi connectivity index (χ1) is 8.81. The molecule has 1 fully saturated rings. The van der Waals surface area contributed by atoms with E-state index in [1.165, 1.54) is 25.7 Å². The predicted molar refractivity (Wildman–Crippen MR) is 83.8 cm³/mol. The Bertz CT molecular complexity index is 336. The minimum Gasteiger partial charge on any atom is -0.521 e. The highest BCUT2D eigenvalue weighted by atomic mass is 28.2. The van der Waals surface area contributed by atoms with Crippen molar-refractivity contribution in [3.63, 3.8) is 0 Å². The lowest BCUT2D eigenvalue weighted by atomic mass is 9.68. The fourth-order valence-electron chi connectivity index (χ4n) is 3.67. The number of hydrogen-bond acceptors (Lipinski definition) is 2. The van der Waals surface area contributed by atoms with Gasteiger partial charge < -0.3 is 4.43 Å². The van der Waals surface area contributed by atoms with E-state index < -0.39 is 9.76 Å². The Morgan fingerprint density at radius 1 is 1.32 bits per heavy atom. The van der Waals surface area contributed by atoms with Crippen LogP contribution in [0.4, 0.5) is 0 Å². The topological polar surface area (TPSA) is 26.3 Å². The third-order valence-electron chi connectivity index (χ3n) is 4.92. The van der Waals surface area contributed by atoms with E-state index in [2.05, 4.69) is 34.3 Å². The van der Waals surface area contributed by atoms with Gasteiger partial charge in [-0.05, 0) is 42.6 Å². The van der Waals surface area contributed by atoms with Gasteiger partial charge >= 0.3 is 5.97 Å². The molecule has 1 saturated carbocycles. The molecule has 0 radical (unpaired) electrons. The lowest BCUT2D eigenvalue weighted by Crippen LogP contribution is -2.41. The van der Waals surface area contributed by atoms with Gasteiger partial charge in [-0.15, -0.1) is 0 Å². The van der Waals surface area contributed by atoms with Crippen molar-refractivity contribution in [1.29, 1.82) is 0 Å².